The number of nitrogens with one attached hydrogen (secondary N) is 1. The molecular formula is C16H23FN2O. The molecule has 1 saturated carbocycles. The number of carbonyl (C=O) groups excluding carboxylic acids is 1. The van der Waals surface area contributed by atoms with E-state index in [-0.39, 0.29) is 5.82 Å². The third kappa shape index (κ3) is 3.18. The maximum atomic E-state index is 13.8. The second kappa shape index (κ2) is 6.35. The van der Waals surface area contributed by atoms with E-state index in [0.717, 1.165) is 12.3 Å². The predicted molar refractivity (Wildman–Crippen MR) is 77.7 cm³/mol. The summed E-state index contributed by atoms with van der Waals surface area (Å²) in [7, 11) is 0. The second-order valence-electron chi connectivity index (χ2n) is 5.76. The number of carbonyl (C=O) groups is 1. The molecule has 1 fully saturated rings. The molecule has 0 bridgehead atoms. The van der Waals surface area contributed by atoms with Crippen molar-refractivity contribution in [2.45, 2.75) is 45.7 Å². The fraction of sp³-hybridized carbons (Fsp3) is 0.562. The number of rotatable bonds is 5. The first-order valence-corrected chi connectivity index (χ1v) is 7.34. The molecule has 3 N–H and O–H groups in total. The highest BCUT2D eigenvalue weighted by Gasteiger charge is 2.31. The lowest BCUT2D eigenvalue weighted by atomic mass is 9.93. The van der Waals surface area contributed by atoms with Crippen molar-refractivity contribution in [3.63, 3.8) is 0 Å². The van der Waals surface area contributed by atoms with Crippen molar-refractivity contribution in [1.29, 1.82) is 0 Å². The van der Waals surface area contributed by atoms with Crippen molar-refractivity contribution in [2.75, 3.05) is 0 Å². The molecule has 1 amide bonds. The molecule has 0 saturated heterocycles. The van der Waals surface area contributed by atoms with Gasteiger partial charge in [-0.15, -0.1) is 0 Å². The Kier molecular flexibility index (Phi) is 4.76. The van der Waals surface area contributed by atoms with Gasteiger partial charge in [0.15, 0.2) is 0 Å². The number of nitrogens with two attached hydrogens (primary N) is 1. The molecule has 1 aromatic carbocycles. The molecule has 0 aromatic heterocycles. The van der Waals surface area contributed by atoms with E-state index in [2.05, 4.69) is 19.2 Å². The van der Waals surface area contributed by atoms with Gasteiger partial charge in [0.2, 0.25) is 5.91 Å². The molecule has 0 heterocycles. The number of halogens is 1. The summed E-state index contributed by atoms with van der Waals surface area (Å²) in [4.78, 5) is 11.1. The normalized spacial score (nSPS) is 25.9. The number of benzene rings is 1. The first-order valence-electron chi connectivity index (χ1n) is 7.34. The van der Waals surface area contributed by atoms with Gasteiger partial charge in [0.05, 0.1) is 0 Å². The minimum absolute atomic E-state index is 0.291. The highest BCUT2D eigenvalue weighted by molar-refractivity contribution is 5.92. The Balaban J connectivity index is 2.01. The van der Waals surface area contributed by atoms with Crippen LogP contribution >= 0.6 is 0 Å². The zero-order valence-electron chi connectivity index (χ0n) is 12.2. The lowest BCUT2D eigenvalue weighted by Gasteiger charge is -2.21. The van der Waals surface area contributed by atoms with Gasteiger partial charge in [-0.2, -0.15) is 0 Å². The lowest BCUT2D eigenvalue weighted by Crippen LogP contribution is -2.32. The topological polar surface area (TPSA) is 55.1 Å². The maximum Gasteiger partial charge on any atom is 0.248 e. The first kappa shape index (κ1) is 15.0. The molecule has 1 aromatic rings. The van der Waals surface area contributed by atoms with Crippen LogP contribution in [0.25, 0.3) is 0 Å². The van der Waals surface area contributed by atoms with E-state index in [1.165, 1.54) is 25.0 Å². The van der Waals surface area contributed by atoms with Crippen LogP contribution in [0.15, 0.2) is 18.2 Å². The Morgan fingerprint density at radius 3 is 2.80 bits per heavy atom. The Bertz CT molecular complexity index is 489. The fourth-order valence-corrected chi connectivity index (χ4v) is 3.22. The zero-order valence-corrected chi connectivity index (χ0v) is 12.2. The Morgan fingerprint density at radius 1 is 1.45 bits per heavy atom. The number of hydrogen-bond acceptors (Lipinski definition) is 2. The highest BCUT2D eigenvalue weighted by Crippen LogP contribution is 2.34. The molecule has 0 aliphatic heterocycles. The summed E-state index contributed by atoms with van der Waals surface area (Å²) < 4.78 is 13.8. The second-order valence-corrected chi connectivity index (χ2v) is 5.76. The van der Waals surface area contributed by atoms with Crippen LogP contribution in [0, 0.1) is 17.7 Å². The van der Waals surface area contributed by atoms with Crippen molar-refractivity contribution < 1.29 is 9.18 Å². The zero-order chi connectivity index (χ0) is 14.7. The molecular weight excluding hydrogens is 255 g/mol. The third-order valence-corrected chi connectivity index (χ3v) is 4.64. The fourth-order valence-electron chi connectivity index (χ4n) is 3.22. The lowest BCUT2D eigenvalue weighted by molar-refractivity contribution is 0.1000. The molecule has 1 aliphatic rings. The van der Waals surface area contributed by atoms with Crippen molar-refractivity contribution in [2.24, 2.45) is 17.6 Å². The average molecular weight is 278 g/mol. The van der Waals surface area contributed by atoms with E-state index in [1.54, 1.807) is 6.07 Å². The molecule has 110 valence electrons. The first-order chi connectivity index (χ1) is 9.52. The van der Waals surface area contributed by atoms with Gasteiger partial charge in [-0.3, -0.25) is 4.79 Å². The summed E-state index contributed by atoms with van der Waals surface area (Å²) in [6.45, 7) is 4.92. The van der Waals surface area contributed by atoms with Crippen molar-refractivity contribution >= 4 is 5.91 Å². The molecule has 0 spiro atoms. The van der Waals surface area contributed by atoms with Gasteiger partial charge >= 0.3 is 0 Å². The van der Waals surface area contributed by atoms with Crippen LogP contribution in [0.4, 0.5) is 4.39 Å². The summed E-state index contributed by atoms with van der Waals surface area (Å²) in [5.41, 5.74) is 6.09. The van der Waals surface area contributed by atoms with Crippen LogP contribution < -0.4 is 11.1 Å². The Hall–Kier alpha value is -1.42. The van der Waals surface area contributed by atoms with Gasteiger partial charge in [-0.25, -0.2) is 4.39 Å². The Morgan fingerprint density at radius 2 is 2.20 bits per heavy atom. The van der Waals surface area contributed by atoms with Crippen molar-refractivity contribution in [3.05, 3.63) is 35.1 Å². The van der Waals surface area contributed by atoms with Crippen LogP contribution in [0.3, 0.4) is 0 Å². The van der Waals surface area contributed by atoms with Crippen molar-refractivity contribution in [1.82, 2.24) is 5.32 Å². The monoisotopic (exact) mass is 278 g/mol. The number of hydrogen-bond donors (Lipinski definition) is 2. The van der Waals surface area contributed by atoms with Gasteiger partial charge in [-0.1, -0.05) is 20.3 Å². The maximum absolute atomic E-state index is 13.8. The molecule has 3 unspecified atom stereocenters. The summed E-state index contributed by atoms with van der Waals surface area (Å²) in [6.07, 6.45) is 3.57. The van der Waals surface area contributed by atoms with E-state index in [9.17, 15) is 9.18 Å². The van der Waals surface area contributed by atoms with Gasteiger partial charge in [-0.05, 0) is 42.9 Å². The van der Waals surface area contributed by atoms with Crippen LogP contribution in [0.2, 0.25) is 0 Å². The quantitative estimate of drug-likeness (QED) is 0.870. The van der Waals surface area contributed by atoms with E-state index in [4.69, 9.17) is 5.73 Å². The van der Waals surface area contributed by atoms with E-state index >= 15 is 0 Å². The largest absolute Gasteiger partial charge is 0.366 e. The van der Waals surface area contributed by atoms with Crippen LogP contribution in [0.1, 0.15) is 49.0 Å². The van der Waals surface area contributed by atoms with Crippen LogP contribution in [-0.4, -0.2) is 11.9 Å². The van der Waals surface area contributed by atoms with E-state index in [1.807, 2.05) is 0 Å². The van der Waals surface area contributed by atoms with Crippen LogP contribution in [-0.2, 0) is 6.54 Å². The molecule has 20 heavy (non-hydrogen) atoms. The van der Waals surface area contributed by atoms with E-state index in [0.29, 0.717) is 29.6 Å². The molecule has 3 atom stereocenters. The summed E-state index contributed by atoms with van der Waals surface area (Å²) in [6, 6.07) is 4.70. The average Bonchev–Trinajstić information content (AvgIpc) is 2.78. The summed E-state index contributed by atoms with van der Waals surface area (Å²) >= 11 is 0. The summed E-state index contributed by atoms with van der Waals surface area (Å²) in [5, 5.41) is 3.43. The Labute approximate surface area is 119 Å². The van der Waals surface area contributed by atoms with Gasteiger partial charge in [0.1, 0.15) is 5.82 Å². The standard InChI is InChI=1S/C16H23FN2O/c1-3-11-5-7-15(10(11)2)19-9-13-8-12(16(18)20)4-6-14(13)17/h4,6,8,10-11,15,19H,3,5,7,9H2,1-2H3,(H2,18,20). The van der Waals surface area contributed by atoms with Gasteiger partial charge in [0.25, 0.3) is 0 Å². The molecule has 0 radical (unpaired) electrons. The summed E-state index contributed by atoms with van der Waals surface area (Å²) in [5.74, 6) is 0.559. The molecule has 1 aliphatic carbocycles. The minimum Gasteiger partial charge on any atom is -0.366 e. The molecule has 3 nitrogen and oxygen atoms in total. The number of primary amides is 1. The molecule has 4 heteroatoms. The minimum atomic E-state index is -0.522. The predicted octanol–water partition coefficient (Wildman–Crippen LogP) is 2.84. The van der Waals surface area contributed by atoms with Gasteiger partial charge in [0, 0.05) is 23.7 Å². The molecule has 2 rings (SSSR count). The SMILES string of the molecule is CCC1CCC(NCc2cc(C(N)=O)ccc2F)C1C. The smallest absolute Gasteiger partial charge is 0.248 e. The van der Waals surface area contributed by atoms with Crippen molar-refractivity contribution in [3.8, 4) is 0 Å². The number of amides is 1. The van der Waals surface area contributed by atoms with Gasteiger partial charge < -0.3 is 11.1 Å². The van der Waals surface area contributed by atoms with Crippen LogP contribution in [0.5, 0.6) is 0 Å². The highest BCUT2D eigenvalue weighted by atomic mass is 19.1. The third-order valence-electron chi connectivity index (χ3n) is 4.64. The van der Waals surface area contributed by atoms with E-state index < -0.39 is 5.91 Å².